The summed E-state index contributed by atoms with van der Waals surface area (Å²) in [6.45, 7) is 1.58. The van der Waals surface area contributed by atoms with E-state index in [0.717, 1.165) is 18.5 Å². The first kappa shape index (κ1) is 20.4. The van der Waals surface area contributed by atoms with Crippen LogP contribution < -0.4 is 0 Å². The summed E-state index contributed by atoms with van der Waals surface area (Å²) >= 11 is 1.83. The van der Waals surface area contributed by atoms with Gasteiger partial charge in [0.15, 0.2) is 0 Å². The maximum Gasteiger partial charge on any atom is 0.123 e. The topological polar surface area (TPSA) is 12.5 Å². The molecule has 0 spiro atoms. The Kier molecular flexibility index (Phi) is 5.61. The van der Waals surface area contributed by atoms with Crippen molar-refractivity contribution in [3.05, 3.63) is 95.3 Å². The first-order chi connectivity index (χ1) is 15.1. The number of hydrogen-bond donors (Lipinski definition) is 0. The standard InChI is InChI=1S/C27H26FNOS/c1-29(2)14-13-24(18-7-10-22(28)11-8-18)27-23-12-9-20(15-21(23)17-30-27)26-16-19-5-3-4-6-25(19)31-26/h3-12,15-16,24,27H,13-14,17H2,1-2H3. The molecule has 4 aromatic rings. The lowest BCUT2D eigenvalue weighted by molar-refractivity contribution is 0.0420. The summed E-state index contributed by atoms with van der Waals surface area (Å²) in [7, 11) is 4.17. The summed E-state index contributed by atoms with van der Waals surface area (Å²) in [4.78, 5) is 3.48. The number of halogens is 1. The van der Waals surface area contributed by atoms with Gasteiger partial charge in [-0.1, -0.05) is 42.5 Å². The fourth-order valence-electron chi connectivity index (χ4n) is 4.49. The Bertz CT molecular complexity index is 1160. The van der Waals surface area contributed by atoms with Crippen molar-refractivity contribution in [3.8, 4) is 10.4 Å². The molecular formula is C27H26FNOS. The lowest BCUT2D eigenvalue weighted by atomic mass is 9.85. The third-order valence-electron chi connectivity index (χ3n) is 6.13. The minimum Gasteiger partial charge on any atom is -0.368 e. The molecule has 2 unspecified atom stereocenters. The summed E-state index contributed by atoms with van der Waals surface area (Å²) in [6.07, 6.45) is 0.956. The summed E-state index contributed by atoms with van der Waals surface area (Å²) in [6, 6.07) is 24.4. The monoisotopic (exact) mass is 431 g/mol. The molecule has 1 aliphatic rings. The zero-order valence-electron chi connectivity index (χ0n) is 17.8. The van der Waals surface area contributed by atoms with Crippen LogP contribution in [0.2, 0.25) is 0 Å². The molecule has 2 heterocycles. The van der Waals surface area contributed by atoms with Gasteiger partial charge in [-0.05, 0) is 85.0 Å². The molecule has 0 amide bonds. The highest BCUT2D eigenvalue weighted by molar-refractivity contribution is 7.22. The SMILES string of the molecule is CN(C)CCC(c1ccc(F)cc1)C1OCc2cc(-c3cc4ccccc4s3)ccc21. The molecule has 0 N–H and O–H groups in total. The third-order valence-corrected chi connectivity index (χ3v) is 7.29. The van der Waals surface area contributed by atoms with Gasteiger partial charge < -0.3 is 9.64 Å². The van der Waals surface area contributed by atoms with Crippen LogP contribution in [0, 0.1) is 5.82 Å². The molecule has 5 rings (SSSR count). The van der Waals surface area contributed by atoms with Crippen molar-refractivity contribution >= 4 is 21.4 Å². The van der Waals surface area contributed by atoms with Crippen molar-refractivity contribution in [2.75, 3.05) is 20.6 Å². The minimum absolute atomic E-state index is 0.00290. The van der Waals surface area contributed by atoms with E-state index in [4.69, 9.17) is 4.74 Å². The lowest BCUT2D eigenvalue weighted by Crippen LogP contribution is -2.19. The van der Waals surface area contributed by atoms with Crippen molar-refractivity contribution in [2.45, 2.75) is 25.0 Å². The molecule has 0 saturated heterocycles. The normalized spacial score (nSPS) is 16.7. The van der Waals surface area contributed by atoms with Crippen LogP contribution >= 0.6 is 11.3 Å². The Labute approximate surface area is 186 Å². The molecule has 158 valence electrons. The number of benzene rings is 3. The van der Waals surface area contributed by atoms with E-state index in [2.05, 4.69) is 67.5 Å². The molecular weight excluding hydrogens is 405 g/mol. The van der Waals surface area contributed by atoms with Gasteiger partial charge in [-0.15, -0.1) is 11.3 Å². The van der Waals surface area contributed by atoms with E-state index in [1.165, 1.54) is 31.7 Å². The predicted molar refractivity (Wildman–Crippen MR) is 127 cm³/mol. The summed E-state index contributed by atoms with van der Waals surface area (Å²) in [5.41, 5.74) is 4.90. The van der Waals surface area contributed by atoms with Crippen LogP contribution in [-0.2, 0) is 11.3 Å². The number of ether oxygens (including phenoxy) is 1. The van der Waals surface area contributed by atoms with E-state index in [0.29, 0.717) is 6.61 Å². The Hall–Kier alpha value is -2.53. The van der Waals surface area contributed by atoms with Gasteiger partial charge in [-0.25, -0.2) is 4.39 Å². The van der Waals surface area contributed by atoms with E-state index < -0.39 is 0 Å². The molecule has 31 heavy (non-hydrogen) atoms. The van der Waals surface area contributed by atoms with Gasteiger partial charge >= 0.3 is 0 Å². The van der Waals surface area contributed by atoms with Gasteiger partial charge in [0.2, 0.25) is 0 Å². The maximum absolute atomic E-state index is 13.5. The van der Waals surface area contributed by atoms with Crippen LogP contribution in [0.5, 0.6) is 0 Å². The molecule has 1 aliphatic heterocycles. The fraction of sp³-hybridized carbons (Fsp3) is 0.259. The highest BCUT2D eigenvalue weighted by Crippen LogP contribution is 2.44. The van der Waals surface area contributed by atoms with Crippen LogP contribution in [0.15, 0.2) is 72.8 Å². The van der Waals surface area contributed by atoms with Gasteiger partial charge in [0.1, 0.15) is 5.82 Å². The van der Waals surface area contributed by atoms with Crippen LogP contribution in [0.4, 0.5) is 4.39 Å². The van der Waals surface area contributed by atoms with Crippen molar-refractivity contribution in [1.82, 2.24) is 4.90 Å². The van der Waals surface area contributed by atoms with E-state index in [-0.39, 0.29) is 17.8 Å². The Morgan fingerprint density at radius 1 is 1.03 bits per heavy atom. The van der Waals surface area contributed by atoms with Crippen molar-refractivity contribution in [2.24, 2.45) is 0 Å². The lowest BCUT2D eigenvalue weighted by Gasteiger charge is -2.26. The van der Waals surface area contributed by atoms with Crippen molar-refractivity contribution < 1.29 is 9.13 Å². The van der Waals surface area contributed by atoms with Crippen LogP contribution in [-0.4, -0.2) is 25.5 Å². The van der Waals surface area contributed by atoms with E-state index in [1.54, 1.807) is 12.1 Å². The quantitative estimate of drug-likeness (QED) is 0.325. The molecule has 1 aromatic heterocycles. The molecule has 2 atom stereocenters. The minimum atomic E-state index is -0.198. The van der Waals surface area contributed by atoms with Crippen LogP contribution in [0.1, 0.15) is 35.1 Å². The van der Waals surface area contributed by atoms with E-state index in [1.807, 2.05) is 23.5 Å². The smallest absolute Gasteiger partial charge is 0.123 e. The van der Waals surface area contributed by atoms with Gasteiger partial charge in [-0.2, -0.15) is 0 Å². The number of rotatable bonds is 6. The molecule has 4 heteroatoms. The largest absolute Gasteiger partial charge is 0.368 e. The van der Waals surface area contributed by atoms with Gasteiger partial charge in [-0.3, -0.25) is 0 Å². The highest BCUT2D eigenvalue weighted by Gasteiger charge is 2.32. The van der Waals surface area contributed by atoms with Crippen molar-refractivity contribution in [1.29, 1.82) is 0 Å². The number of thiophene rings is 1. The molecule has 0 bridgehead atoms. The fourth-order valence-corrected chi connectivity index (χ4v) is 5.55. The van der Waals surface area contributed by atoms with Gasteiger partial charge in [0, 0.05) is 15.5 Å². The second-order valence-electron chi connectivity index (χ2n) is 8.54. The molecule has 0 radical (unpaired) electrons. The molecule has 0 fully saturated rings. The predicted octanol–water partition coefficient (Wildman–Crippen LogP) is 7.01. The Balaban J connectivity index is 1.47. The number of fused-ring (bicyclic) bond motifs is 2. The third kappa shape index (κ3) is 4.16. The second-order valence-corrected chi connectivity index (χ2v) is 9.63. The molecule has 0 aliphatic carbocycles. The Morgan fingerprint density at radius 2 is 1.84 bits per heavy atom. The molecule has 0 saturated carbocycles. The van der Waals surface area contributed by atoms with E-state index in [9.17, 15) is 4.39 Å². The summed E-state index contributed by atoms with van der Waals surface area (Å²) < 4.78 is 21.2. The van der Waals surface area contributed by atoms with Gasteiger partial charge in [0.25, 0.3) is 0 Å². The summed E-state index contributed by atoms with van der Waals surface area (Å²) in [5.74, 6) is -0.00440. The van der Waals surface area contributed by atoms with Crippen LogP contribution in [0.3, 0.4) is 0 Å². The average Bonchev–Trinajstić information content (AvgIpc) is 3.39. The average molecular weight is 432 g/mol. The van der Waals surface area contributed by atoms with E-state index >= 15 is 0 Å². The number of nitrogens with zero attached hydrogens (tertiary/aromatic N) is 1. The van der Waals surface area contributed by atoms with Gasteiger partial charge in [0.05, 0.1) is 12.7 Å². The van der Waals surface area contributed by atoms with Crippen LogP contribution in [0.25, 0.3) is 20.5 Å². The molecule has 3 aromatic carbocycles. The first-order valence-electron chi connectivity index (χ1n) is 10.7. The maximum atomic E-state index is 13.5. The zero-order chi connectivity index (χ0) is 21.4. The first-order valence-corrected chi connectivity index (χ1v) is 11.5. The highest BCUT2D eigenvalue weighted by atomic mass is 32.1. The van der Waals surface area contributed by atoms with Crippen molar-refractivity contribution in [3.63, 3.8) is 0 Å². The summed E-state index contributed by atoms with van der Waals surface area (Å²) in [5, 5.41) is 1.29. The Morgan fingerprint density at radius 3 is 2.61 bits per heavy atom. The molecule has 2 nitrogen and oxygen atoms in total. The second kappa shape index (κ2) is 8.54. The number of hydrogen-bond acceptors (Lipinski definition) is 3. The zero-order valence-corrected chi connectivity index (χ0v) is 18.7.